The predicted molar refractivity (Wildman–Crippen MR) is 138 cm³/mol. The Balaban J connectivity index is 1.22. The molecule has 204 valence electrons. The van der Waals surface area contributed by atoms with E-state index in [9.17, 15) is 23.2 Å². The van der Waals surface area contributed by atoms with Gasteiger partial charge in [-0.15, -0.1) is 0 Å². The molecule has 4 rings (SSSR count). The standard InChI is InChI=1S/C28H33F2N3O5/c29-23-16-20(17-24(30)25(23)38-22-10-6-19(7-11-22)28(36)37)27(35)32-13-12-31-26(34)18-4-8-21(9-5-18)33-14-2-1-3-15-33/h4-5,8-9,16-17,19,22H,1-3,6-7,10-15H2,(H,31,34)(H,32,35)(H,36,37). The Morgan fingerprint density at radius 1 is 0.842 bits per heavy atom. The molecule has 1 aliphatic carbocycles. The van der Waals surface area contributed by atoms with Crippen molar-refractivity contribution >= 4 is 23.5 Å². The van der Waals surface area contributed by atoms with E-state index in [-0.39, 0.29) is 24.6 Å². The molecular formula is C28H33F2N3O5. The molecule has 1 aliphatic heterocycles. The van der Waals surface area contributed by atoms with Gasteiger partial charge >= 0.3 is 5.97 Å². The number of anilines is 1. The highest BCUT2D eigenvalue weighted by molar-refractivity contribution is 5.95. The summed E-state index contributed by atoms with van der Waals surface area (Å²) < 4.78 is 34.6. The summed E-state index contributed by atoms with van der Waals surface area (Å²) in [5, 5.41) is 14.3. The van der Waals surface area contributed by atoms with E-state index < -0.39 is 41.3 Å². The van der Waals surface area contributed by atoms with Crippen LogP contribution in [0.25, 0.3) is 0 Å². The number of ether oxygens (including phenoxy) is 1. The first-order valence-corrected chi connectivity index (χ1v) is 13.1. The van der Waals surface area contributed by atoms with Gasteiger partial charge in [-0.2, -0.15) is 0 Å². The van der Waals surface area contributed by atoms with Gasteiger partial charge in [-0.3, -0.25) is 14.4 Å². The maximum atomic E-state index is 14.6. The molecule has 3 N–H and O–H groups in total. The number of halogens is 2. The molecule has 2 aromatic carbocycles. The fraction of sp³-hybridized carbons (Fsp3) is 0.464. The number of nitrogens with zero attached hydrogens (tertiary/aromatic N) is 1. The third-order valence-corrected chi connectivity index (χ3v) is 7.12. The van der Waals surface area contributed by atoms with Gasteiger partial charge in [0.15, 0.2) is 17.4 Å². The van der Waals surface area contributed by atoms with Crippen LogP contribution in [0.2, 0.25) is 0 Å². The van der Waals surface area contributed by atoms with Gasteiger partial charge < -0.3 is 25.4 Å². The average Bonchev–Trinajstić information content (AvgIpc) is 2.93. The van der Waals surface area contributed by atoms with Crippen LogP contribution in [0.3, 0.4) is 0 Å². The van der Waals surface area contributed by atoms with Crippen LogP contribution in [0, 0.1) is 17.6 Å². The molecule has 0 atom stereocenters. The van der Waals surface area contributed by atoms with Gasteiger partial charge in [0.1, 0.15) is 0 Å². The van der Waals surface area contributed by atoms with Crippen molar-refractivity contribution in [3.8, 4) is 5.75 Å². The number of benzene rings is 2. The lowest BCUT2D eigenvalue weighted by molar-refractivity contribution is -0.143. The molecule has 10 heteroatoms. The van der Waals surface area contributed by atoms with Crippen molar-refractivity contribution in [2.24, 2.45) is 5.92 Å². The third-order valence-electron chi connectivity index (χ3n) is 7.12. The Kier molecular flexibility index (Phi) is 9.15. The minimum atomic E-state index is -1.00. The number of carbonyl (C=O) groups excluding carboxylic acids is 2. The second kappa shape index (κ2) is 12.7. The fourth-order valence-electron chi connectivity index (χ4n) is 4.93. The molecule has 0 bridgehead atoms. The van der Waals surface area contributed by atoms with Gasteiger partial charge in [-0.05, 0) is 81.3 Å². The molecular weight excluding hydrogens is 496 g/mol. The monoisotopic (exact) mass is 529 g/mol. The first-order chi connectivity index (χ1) is 18.3. The van der Waals surface area contributed by atoms with Crippen molar-refractivity contribution in [2.75, 3.05) is 31.1 Å². The van der Waals surface area contributed by atoms with Gasteiger partial charge in [0.2, 0.25) is 0 Å². The Labute approximate surface area is 220 Å². The van der Waals surface area contributed by atoms with Crippen molar-refractivity contribution in [1.29, 1.82) is 0 Å². The highest BCUT2D eigenvalue weighted by atomic mass is 19.1. The number of amides is 2. The van der Waals surface area contributed by atoms with Crippen LogP contribution < -0.4 is 20.3 Å². The summed E-state index contributed by atoms with van der Waals surface area (Å²) in [7, 11) is 0. The van der Waals surface area contributed by atoms with Gasteiger partial charge in [0.25, 0.3) is 11.8 Å². The zero-order valence-electron chi connectivity index (χ0n) is 21.2. The number of rotatable bonds is 9. The maximum absolute atomic E-state index is 14.6. The smallest absolute Gasteiger partial charge is 0.306 e. The number of hydrogen-bond acceptors (Lipinski definition) is 5. The van der Waals surface area contributed by atoms with Gasteiger partial charge in [-0.25, -0.2) is 8.78 Å². The predicted octanol–water partition coefficient (Wildman–Crippen LogP) is 4.14. The molecule has 2 aromatic rings. The number of carboxylic acid groups (broad SMARTS) is 1. The minimum Gasteiger partial charge on any atom is -0.484 e. The largest absolute Gasteiger partial charge is 0.484 e. The van der Waals surface area contributed by atoms with Crippen molar-refractivity contribution in [2.45, 2.75) is 51.0 Å². The zero-order valence-corrected chi connectivity index (χ0v) is 21.2. The van der Waals surface area contributed by atoms with E-state index in [2.05, 4.69) is 15.5 Å². The quantitative estimate of drug-likeness (QED) is 0.422. The van der Waals surface area contributed by atoms with Crippen LogP contribution in [0.4, 0.5) is 14.5 Å². The topological polar surface area (TPSA) is 108 Å². The lowest BCUT2D eigenvalue weighted by atomic mass is 9.87. The van der Waals surface area contributed by atoms with Gasteiger partial charge in [0, 0.05) is 43.0 Å². The minimum absolute atomic E-state index is 0.0741. The summed E-state index contributed by atoms with van der Waals surface area (Å²) in [5.41, 5.74) is 1.39. The zero-order chi connectivity index (χ0) is 27.1. The molecule has 0 spiro atoms. The number of hydrogen-bond donors (Lipinski definition) is 3. The molecule has 2 fully saturated rings. The summed E-state index contributed by atoms with van der Waals surface area (Å²) in [5.74, 6) is -4.88. The van der Waals surface area contributed by atoms with Crippen LogP contribution >= 0.6 is 0 Å². The van der Waals surface area contributed by atoms with E-state index in [1.54, 1.807) is 12.1 Å². The maximum Gasteiger partial charge on any atom is 0.306 e. The number of carbonyl (C=O) groups is 3. The highest BCUT2D eigenvalue weighted by Gasteiger charge is 2.28. The lowest BCUT2D eigenvalue weighted by Crippen LogP contribution is -2.35. The first kappa shape index (κ1) is 27.3. The SMILES string of the molecule is O=C(NCCNC(=O)c1cc(F)c(OC2CCC(C(=O)O)CC2)c(F)c1)c1ccc(N2CCCCC2)cc1. The molecule has 8 nitrogen and oxygen atoms in total. The molecule has 0 unspecified atom stereocenters. The Morgan fingerprint density at radius 2 is 1.39 bits per heavy atom. The molecule has 38 heavy (non-hydrogen) atoms. The Hall–Kier alpha value is -3.69. The number of piperidine rings is 1. The molecule has 2 amide bonds. The van der Waals surface area contributed by atoms with Crippen molar-refractivity contribution in [1.82, 2.24) is 10.6 Å². The number of carboxylic acids is 1. The van der Waals surface area contributed by atoms with Crippen molar-refractivity contribution in [3.63, 3.8) is 0 Å². The van der Waals surface area contributed by atoms with E-state index in [1.807, 2.05) is 12.1 Å². The highest BCUT2D eigenvalue weighted by Crippen LogP contribution is 2.31. The number of aliphatic carboxylic acids is 1. The van der Waals surface area contributed by atoms with Crippen LogP contribution in [-0.4, -0.2) is 55.2 Å². The van der Waals surface area contributed by atoms with Crippen LogP contribution in [-0.2, 0) is 4.79 Å². The van der Waals surface area contributed by atoms with E-state index in [0.29, 0.717) is 31.2 Å². The van der Waals surface area contributed by atoms with Crippen LogP contribution in [0.5, 0.6) is 5.75 Å². The molecule has 1 saturated carbocycles. The molecule has 1 saturated heterocycles. The summed E-state index contributed by atoms with van der Waals surface area (Å²) in [6.07, 6.45) is 4.62. The Morgan fingerprint density at radius 3 is 1.95 bits per heavy atom. The second-order valence-corrected chi connectivity index (χ2v) is 9.81. The fourth-order valence-corrected chi connectivity index (χ4v) is 4.93. The lowest BCUT2D eigenvalue weighted by Gasteiger charge is -2.28. The third kappa shape index (κ3) is 6.99. The normalized spacial score (nSPS) is 19.5. The van der Waals surface area contributed by atoms with Crippen LogP contribution in [0.15, 0.2) is 36.4 Å². The Bertz CT molecular complexity index is 1120. The molecule has 2 aliphatic rings. The molecule has 1 heterocycles. The second-order valence-electron chi connectivity index (χ2n) is 9.81. The summed E-state index contributed by atoms with van der Waals surface area (Å²) in [6.45, 7) is 2.25. The average molecular weight is 530 g/mol. The van der Waals surface area contributed by atoms with Crippen LogP contribution in [0.1, 0.15) is 65.7 Å². The summed E-state index contributed by atoms with van der Waals surface area (Å²) in [4.78, 5) is 38.2. The van der Waals surface area contributed by atoms with E-state index in [1.165, 1.54) is 19.3 Å². The van der Waals surface area contributed by atoms with E-state index in [0.717, 1.165) is 30.9 Å². The molecule has 0 aromatic heterocycles. The molecule has 0 radical (unpaired) electrons. The first-order valence-electron chi connectivity index (χ1n) is 13.1. The van der Waals surface area contributed by atoms with Gasteiger partial charge in [-0.1, -0.05) is 0 Å². The summed E-state index contributed by atoms with van der Waals surface area (Å²) >= 11 is 0. The summed E-state index contributed by atoms with van der Waals surface area (Å²) in [6, 6.07) is 9.20. The van der Waals surface area contributed by atoms with Crippen molar-refractivity contribution < 1.29 is 33.0 Å². The van der Waals surface area contributed by atoms with Crippen molar-refractivity contribution in [3.05, 3.63) is 59.2 Å². The number of nitrogens with one attached hydrogen (secondary N) is 2. The van der Waals surface area contributed by atoms with E-state index >= 15 is 0 Å². The van der Waals surface area contributed by atoms with Gasteiger partial charge in [0.05, 0.1) is 12.0 Å². The van der Waals surface area contributed by atoms with E-state index in [4.69, 9.17) is 9.84 Å².